The Labute approximate surface area is 191 Å². The molecule has 0 aliphatic heterocycles. The van der Waals surface area contributed by atoms with Gasteiger partial charge in [-0.25, -0.2) is 0 Å². The average Bonchev–Trinajstić information content (AvgIpc) is 2.67. The van der Waals surface area contributed by atoms with E-state index in [1.807, 2.05) is 0 Å². The molecule has 0 N–H and O–H groups in total. The highest BCUT2D eigenvalue weighted by atomic mass is 32.2. The highest BCUT2D eigenvalue weighted by Crippen LogP contribution is 2.42. The molecule has 0 bridgehead atoms. The van der Waals surface area contributed by atoms with Crippen LogP contribution in [0.4, 0.5) is 22.0 Å². The molecule has 0 spiro atoms. The largest absolute Gasteiger partial charge is 0.465 e. The van der Waals surface area contributed by atoms with Crippen LogP contribution >= 0.6 is 0 Å². The Morgan fingerprint density at radius 2 is 1.18 bits per heavy atom. The fourth-order valence-electron chi connectivity index (χ4n) is 3.18. The minimum atomic E-state index is -5.73. The van der Waals surface area contributed by atoms with Crippen molar-refractivity contribution in [1.29, 1.82) is 0 Å². The van der Waals surface area contributed by atoms with Crippen LogP contribution in [0.15, 0.2) is 0 Å². The Hall–Kier alpha value is -1.50. The molecule has 0 aromatic carbocycles. The first kappa shape index (κ1) is 31.5. The van der Waals surface area contributed by atoms with Gasteiger partial charge >= 0.3 is 24.0 Å². The topological polar surface area (TPSA) is 96.0 Å². The number of unbranched alkanes of at least 4 members (excludes halogenated alkanes) is 4. The first-order valence-corrected chi connectivity index (χ1v) is 12.6. The van der Waals surface area contributed by atoms with Gasteiger partial charge < -0.3 is 9.47 Å². The standard InChI is InChI=1S/C20H33F5O7S/c1-4-30-16(26)18(17(27)31-5-2,13-11-14-19(21,22)20(23,24)25)12-9-7-6-8-10-15-32-33(3,28)29/h4-15H2,1-3H3. The van der Waals surface area contributed by atoms with E-state index in [1.54, 1.807) is 0 Å². The van der Waals surface area contributed by atoms with Crippen molar-refractivity contribution >= 4 is 22.1 Å². The van der Waals surface area contributed by atoms with E-state index in [9.17, 15) is 40.0 Å². The second-order valence-electron chi connectivity index (χ2n) is 7.62. The number of hydrogen-bond acceptors (Lipinski definition) is 7. The molecule has 13 heteroatoms. The van der Waals surface area contributed by atoms with Gasteiger partial charge in [-0.05, 0) is 39.5 Å². The molecule has 0 unspecified atom stereocenters. The minimum Gasteiger partial charge on any atom is -0.465 e. The van der Waals surface area contributed by atoms with Crippen molar-refractivity contribution in [3.8, 4) is 0 Å². The Balaban J connectivity index is 5.15. The third-order valence-corrected chi connectivity index (χ3v) is 5.48. The van der Waals surface area contributed by atoms with Crippen LogP contribution in [0.2, 0.25) is 0 Å². The SMILES string of the molecule is CCOC(=O)C(CCCCCCCOS(C)(=O)=O)(CCCC(F)(F)C(F)(F)F)C(=O)OCC. The second-order valence-corrected chi connectivity index (χ2v) is 9.27. The predicted octanol–water partition coefficient (Wildman–Crippen LogP) is 4.78. The molecule has 0 heterocycles. The molecular formula is C20H33F5O7S. The maximum atomic E-state index is 13.3. The highest BCUT2D eigenvalue weighted by Gasteiger charge is 2.57. The van der Waals surface area contributed by atoms with Crippen molar-refractivity contribution in [2.75, 3.05) is 26.1 Å². The van der Waals surface area contributed by atoms with Gasteiger partial charge in [-0.2, -0.15) is 30.4 Å². The fourth-order valence-corrected chi connectivity index (χ4v) is 3.60. The van der Waals surface area contributed by atoms with Crippen LogP contribution in [-0.4, -0.2) is 58.5 Å². The third kappa shape index (κ3) is 11.5. The Morgan fingerprint density at radius 3 is 1.64 bits per heavy atom. The van der Waals surface area contributed by atoms with Crippen LogP contribution in [0.3, 0.4) is 0 Å². The first-order chi connectivity index (χ1) is 15.1. The maximum Gasteiger partial charge on any atom is 0.453 e. The van der Waals surface area contributed by atoms with E-state index < -0.39 is 58.8 Å². The normalized spacial score (nSPS) is 13.1. The van der Waals surface area contributed by atoms with Crippen molar-refractivity contribution < 1.29 is 53.6 Å². The molecule has 0 fully saturated rings. The molecule has 0 saturated carbocycles. The smallest absolute Gasteiger partial charge is 0.453 e. The zero-order valence-corrected chi connectivity index (χ0v) is 20.0. The van der Waals surface area contributed by atoms with Gasteiger partial charge in [-0.3, -0.25) is 13.8 Å². The minimum absolute atomic E-state index is 0.0157. The summed E-state index contributed by atoms with van der Waals surface area (Å²) < 4.78 is 100. The molecule has 196 valence electrons. The van der Waals surface area contributed by atoms with Crippen LogP contribution in [-0.2, 0) is 33.4 Å². The van der Waals surface area contributed by atoms with Crippen LogP contribution in [0.5, 0.6) is 0 Å². The van der Waals surface area contributed by atoms with Crippen molar-refractivity contribution in [3.05, 3.63) is 0 Å². The van der Waals surface area contributed by atoms with Gasteiger partial charge in [-0.1, -0.05) is 25.7 Å². The average molecular weight is 513 g/mol. The molecule has 0 aromatic heterocycles. The lowest BCUT2D eigenvalue weighted by atomic mass is 9.77. The van der Waals surface area contributed by atoms with E-state index in [1.165, 1.54) is 13.8 Å². The molecule has 0 atom stereocenters. The molecule has 33 heavy (non-hydrogen) atoms. The second kappa shape index (κ2) is 14.0. The van der Waals surface area contributed by atoms with E-state index in [0.29, 0.717) is 25.7 Å². The van der Waals surface area contributed by atoms with Crippen LogP contribution in [0.25, 0.3) is 0 Å². The lowest BCUT2D eigenvalue weighted by Gasteiger charge is -2.30. The molecule has 0 aliphatic rings. The summed E-state index contributed by atoms with van der Waals surface area (Å²) >= 11 is 0. The number of ether oxygens (including phenoxy) is 2. The lowest BCUT2D eigenvalue weighted by Crippen LogP contribution is -2.43. The fraction of sp³-hybridized carbons (Fsp3) is 0.900. The van der Waals surface area contributed by atoms with Crippen molar-refractivity contribution in [1.82, 2.24) is 0 Å². The number of alkyl halides is 5. The number of halogens is 5. The van der Waals surface area contributed by atoms with Gasteiger partial charge in [0, 0.05) is 6.42 Å². The lowest BCUT2D eigenvalue weighted by molar-refractivity contribution is -0.284. The third-order valence-electron chi connectivity index (χ3n) is 4.89. The van der Waals surface area contributed by atoms with Crippen molar-refractivity contribution in [2.45, 2.75) is 83.7 Å². The molecule has 0 rings (SSSR count). The van der Waals surface area contributed by atoms with Crippen LogP contribution in [0.1, 0.15) is 71.6 Å². The monoisotopic (exact) mass is 512 g/mol. The number of hydrogen-bond donors (Lipinski definition) is 0. The van der Waals surface area contributed by atoms with E-state index >= 15 is 0 Å². The zero-order valence-electron chi connectivity index (χ0n) is 19.1. The van der Waals surface area contributed by atoms with Crippen molar-refractivity contribution in [3.63, 3.8) is 0 Å². The highest BCUT2D eigenvalue weighted by molar-refractivity contribution is 7.85. The van der Waals surface area contributed by atoms with Crippen LogP contribution in [0, 0.1) is 5.41 Å². The van der Waals surface area contributed by atoms with E-state index in [2.05, 4.69) is 4.18 Å². The maximum absolute atomic E-state index is 13.3. The summed E-state index contributed by atoms with van der Waals surface area (Å²) in [6, 6.07) is 0. The summed E-state index contributed by atoms with van der Waals surface area (Å²) in [6.45, 7) is 2.74. The summed E-state index contributed by atoms with van der Waals surface area (Å²) in [5.41, 5.74) is -1.98. The molecule has 0 radical (unpaired) electrons. The molecular weight excluding hydrogens is 479 g/mol. The summed E-state index contributed by atoms with van der Waals surface area (Å²) in [5.74, 6) is -6.98. The molecule has 0 amide bonds. The molecule has 7 nitrogen and oxygen atoms in total. The summed E-state index contributed by atoms with van der Waals surface area (Å²) in [6.07, 6.45) is -5.39. The van der Waals surface area contributed by atoms with Gasteiger partial charge in [0.2, 0.25) is 0 Å². The zero-order chi connectivity index (χ0) is 25.8. The quantitative estimate of drug-likeness (QED) is 0.0910. The van der Waals surface area contributed by atoms with Gasteiger partial charge in [0.15, 0.2) is 5.41 Å². The van der Waals surface area contributed by atoms with Crippen LogP contribution < -0.4 is 0 Å². The summed E-state index contributed by atoms with van der Waals surface area (Å²) in [5, 5.41) is 0. The van der Waals surface area contributed by atoms with E-state index in [4.69, 9.17) is 9.47 Å². The summed E-state index contributed by atoms with van der Waals surface area (Å²) in [4.78, 5) is 25.3. The number of esters is 2. The van der Waals surface area contributed by atoms with E-state index in [0.717, 1.165) is 6.26 Å². The number of carbonyl (C=O) groups excluding carboxylic acids is 2. The van der Waals surface area contributed by atoms with Gasteiger partial charge in [0.1, 0.15) is 0 Å². The molecule has 0 aromatic rings. The predicted molar refractivity (Wildman–Crippen MR) is 109 cm³/mol. The number of rotatable bonds is 17. The number of carbonyl (C=O) groups is 2. The Morgan fingerprint density at radius 1 is 0.727 bits per heavy atom. The van der Waals surface area contributed by atoms with E-state index in [-0.39, 0.29) is 32.7 Å². The van der Waals surface area contributed by atoms with Crippen molar-refractivity contribution in [2.24, 2.45) is 5.41 Å². The van der Waals surface area contributed by atoms with Gasteiger partial charge in [0.25, 0.3) is 10.1 Å². The Kier molecular flexibility index (Phi) is 13.4. The van der Waals surface area contributed by atoms with Gasteiger partial charge in [0.05, 0.1) is 26.1 Å². The summed E-state index contributed by atoms with van der Waals surface area (Å²) in [7, 11) is -3.53. The molecule has 0 aliphatic carbocycles. The van der Waals surface area contributed by atoms with Gasteiger partial charge in [-0.15, -0.1) is 0 Å². The Bertz CT molecular complexity index is 690. The first-order valence-electron chi connectivity index (χ1n) is 10.8. The molecule has 0 saturated heterocycles.